The highest BCUT2D eigenvalue weighted by Crippen LogP contribution is 2.30. The van der Waals surface area contributed by atoms with E-state index in [2.05, 4.69) is 31.4 Å². The van der Waals surface area contributed by atoms with Crippen molar-refractivity contribution in [3.63, 3.8) is 0 Å². The number of nitrogens with zero attached hydrogens (tertiary/aromatic N) is 2. The molecule has 3 rings (SSSR count). The molecule has 1 N–H and O–H groups in total. The summed E-state index contributed by atoms with van der Waals surface area (Å²) in [5.74, 6) is 1.18. The lowest BCUT2D eigenvalue weighted by atomic mass is 10.2. The Kier molecular flexibility index (Phi) is 3.37. The van der Waals surface area contributed by atoms with E-state index in [-0.39, 0.29) is 6.04 Å². The molecule has 0 saturated carbocycles. The van der Waals surface area contributed by atoms with Gasteiger partial charge in [-0.05, 0) is 37.6 Å². The van der Waals surface area contributed by atoms with Gasteiger partial charge in [-0.25, -0.2) is 0 Å². The van der Waals surface area contributed by atoms with Crippen LogP contribution in [0.25, 0.3) is 11.5 Å². The number of benzene rings is 1. The first-order chi connectivity index (χ1) is 8.74. The van der Waals surface area contributed by atoms with E-state index in [9.17, 15) is 0 Å². The molecule has 0 amide bonds. The Hall–Kier alpha value is -0.910. The van der Waals surface area contributed by atoms with Crippen LogP contribution in [0.2, 0.25) is 5.02 Å². The van der Waals surface area contributed by atoms with Crippen LogP contribution in [-0.2, 0) is 0 Å². The maximum atomic E-state index is 6.16. The van der Waals surface area contributed by atoms with Crippen LogP contribution in [0.3, 0.4) is 0 Å². The highest BCUT2D eigenvalue weighted by molar-refractivity contribution is 9.10. The van der Waals surface area contributed by atoms with Crippen LogP contribution in [0, 0.1) is 0 Å². The molecule has 94 valence electrons. The van der Waals surface area contributed by atoms with E-state index in [4.69, 9.17) is 16.1 Å². The summed E-state index contributed by atoms with van der Waals surface area (Å²) in [6, 6.07) is 5.79. The van der Waals surface area contributed by atoms with Crippen molar-refractivity contribution >= 4 is 27.5 Å². The lowest BCUT2D eigenvalue weighted by Crippen LogP contribution is -2.14. The Balaban J connectivity index is 1.92. The molecule has 1 aromatic heterocycles. The lowest BCUT2D eigenvalue weighted by Gasteiger charge is -2.02. The number of rotatable bonds is 2. The summed E-state index contributed by atoms with van der Waals surface area (Å²) < 4.78 is 6.21. The number of halogens is 2. The van der Waals surface area contributed by atoms with Gasteiger partial charge < -0.3 is 9.84 Å². The van der Waals surface area contributed by atoms with Crippen molar-refractivity contribution < 1.29 is 4.52 Å². The van der Waals surface area contributed by atoms with Gasteiger partial charge in [0.1, 0.15) is 0 Å². The molecule has 0 bridgehead atoms. The van der Waals surface area contributed by atoms with Gasteiger partial charge in [-0.15, -0.1) is 0 Å². The van der Waals surface area contributed by atoms with Crippen molar-refractivity contribution in [3.05, 3.63) is 33.5 Å². The van der Waals surface area contributed by atoms with Crippen LogP contribution in [-0.4, -0.2) is 16.7 Å². The van der Waals surface area contributed by atoms with Gasteiger partial charge in [0.2, 0.25) is 0 Å². The number of hydrogen-bond acceptors (Lipinski definition) is 4. The third kappa shape index (κ3) is 2.30. The Bertz CT molecular complexity index is 566. The van der Waals surface area contributed by atoms with E-state index in [1.165, 1.54) is 0 Å². The zero-order valence-corrected chi connectivity index (χ0v) is 11.8. The van der Waals surface area contributed by atoms with Gasteiger partial charge in [0.25, 0.3) is 5.89 Å². The fourth-order valence-electron chi connectivity index (χ4n) is 2.05. The van der Waals surface area contributed by atoms with E-state index in [1.54, 1.807) is 0 Å². The minimum atomic E-state index is 0.205. The lowest BCUT2D eigenvalue weighted by molar-refractivity contribution is 0.412. The molecule has 0 aliphatic carbocycles. The third-order valence-electron chi connectivity index (χ3n) is 2.98. The van der Waals surface area contributed by atoms with Crippen LogP contribution >= 0.6 is 27.5 Å². The van der Waals surface area contributed by atoms with Gasteiger partial charge in [0.15, 0.2) is 5.82 Å². The highest BCUT2D eigenvalue weighted by Gasteiger charge is 2.22. The Morgan fingerprint density at radius 1 is 1.44 bits per heavy atom. The molecule has 1 aliphatic rings. The second-order valence-corrected chi connectivity index (χ2v) is 5.55. The molecular weight excluding hydrogens is 318 g/mol. The zero-order valence-electron chi connectivity index (χ0n) is 9.49. The summed E-state index contributed by atoms with van der Waals surface area (Å²) in [6.45, 7) is 1.01. The zero-order chi connectivity index (χ0) is 12.5. The summed E-state index contributed by atoms with van der Waals surface area (Å²) in [7, 11) is 0. The van der Waals surface area contributed by atoms with Gasteiger partial charge in [-0.1, -0.05) is 32.7 Å². The topological polar surface area (TPSA) is 51.0 Å². The molecule has 6 heteroatoms. The average Bonchev–Trinajstić information content (AvgIpc) is 2.99. The minimum absolute atomic E-state index is 0.205. The molecule has 1 saturated heterocycles. The van der Waals surface area contributed by atoms with Crippen LogP contribution in [0.4, 0.5) is 0 Å². The highest BCUT2D eigenvalue weighted by atomic mass is 79.9. The molecule has 0 radical (unpaired) electrons. The number of aromatic nitrogens is 2. The van der Waals surface area contributed by atoms with Gasteiger partial charge >= 0.3 is 0 Å². The third-order valence-corrected chi connectivity index (χ3v) is 3.78. The SMILES string of the molecule is Clc1cc(Br)ccc1-c1nc(C2CCCN2)no1. The second kappa shape index (κ2) is 4.99. The first-order valence-corrected chi connectivity index (χ1v) is 6.93. The number of hydrogen-bond donors (Lipinski definition) is 1. The Morgan fingerprint density at radius 2 is 2.33 bits per heavy atom. The Morgan fingerprint density at radius 3 is 3.06 bits per heavy atom. The van der Waals surface area contributed by atoms with Crippen molar-refractivity contribution in [2.24, 2.45) is 0 Å². The first-order valence-electron chi connectivity index (χ1n) is 5.76. The van der Waals surface area contributed by atoms with Gasteiger partial charge in [0.05, 0.1) is 16.6 Å². The average molecular weight is 329 g/mol. The summed E-state index contributed by atoms with van der Waals surface area (Å²) >= 11 is 9.53. The van der Waals surface area contributed by atoms with Crippen LogP contribution in [0.5, 0.6) is 0 Å². The first kappa shape index (κ1) is 12.1. The summed E-state index contributed by atoms with van der Waals surface area (Å²) in [5, 5.41) is 7.95. The summed E-state index contributed by atoms with van der Waals surface area (Å²) in [5.41, 5.74) is 0.761. The monoisotopic (exact) mass is 327 g/mol. The smallest absolute Gasteiger partial charge is 0.259 e. The van der Waals surface area contributed by atoms with Gasteiger partial charge in [0, 0.05) is 4.47 Å². The van der Waals surface area contributed by atoms with E-state index in [1.807, 2.05) is 18.2 Å². The van der Waals surface area contributed by atoms with Crippen LogP contribution in [0.15, 0.2) is 27.2 Å². The van der Waals surface area contributed by atoms with Crippen molar-refractivity contribution in [2.45, 2.75) is 18.9 Å². The second-order valence-electron chi connectivity index (χ2n) is 4.23. The Labute approximate surface area is 118 Å². The molecule has 4 nitrogen and oxygen atoms in total. The fraction of sp³-hybridized carbons (Fsp3) is 0.333. The van der Waals surface area contributed by atoms with Crippen molar-refractivity contribution in [1.82, 2.24) is 15.5 Å². The quantitative estimate of drug-likeness (QED) is 0.915. The van der Waals surface area contributed by atoms with Crippen LogP contribution in [0.1, 0.15) is 24.7 Å². The molecule has 2 aromatic rings. The van der Waals surface area contributed by atoms with E-state index < -0.39 is 0 Å². The molecule has 1 aliphatic heterocycles. The van der Waals surface area contributed by atoms with Crippen molar-refractivity contribution in [1.29, 1.82) is 0 Å². The summed E-state index contributed by atoms with van der Waals surface area (Å²) in [4.78, 5) is 4.41. The predicted octanol–water partition coefficient (Wildman–Crippen LogP) is 3.58. The van der Waals surface area contributed by atoms with E-state index in [0.29, 0.717) is 16.7 Å². The van der Waals surface area contributed by atoms with E-state index >= 15 is 0 Å². The maximum Gasteiger partial charge on any atom is 0.259 e. The predicted molar refractivity (Wildman–Crippen MR) is 72.4 cm³/mol. The molecule has 1 unspecified atom stereocenters. The fourth-order valence-corrected chi connectivity index (χ4v) is 2.81. The molecule has 0 spiro atoms. The van der Waals surface area contributed by atoms with E-state index in [0.717, 1.165) is 29.4 Å². The van der Waals surface area contributed by atoms with Gasteiger partial charge in [-0.2, -0.15) is 4.98 Å². The van der Waals surface area contributed by atoms with Crippen molar-refractivity contribution in [2.75, 3.05) is 6.54 Å². The van der Waals surface area contributed by atoms with Crippen molar-refractivity contribution in [3.8, 4) is 11.5 Å². The van der Waals surface area contributed by atoms with Crippen LogP contribution < -0.4 is 5.32 Å². The minimum Gasteiger partial charge on any atom is -0.334 e. The molecular formula is C12H11BrClN3O. The molecule has 1 fully saturated rings. The standard InChI is InChI=1S/C12H11BrClN3O/c13-7-3-4-8(9(14)6-7)12-16-11(17-18-12)10-2-1-5-15-10/h3-4,6,10,15H,1-2,5H2. The molecule has 2 heterocycles. The number of nitrogens with one attached hydrogen (secondary N) is 1. The molecule has 1 atom stereocenters. The maximum absolute atomic E-state index is 6.16. The summed E-state index contributed by atoms with van der Waals surface area (Å²) in [6.07, 6.45) is 2.20. The van der Waals surface area contributed by atoms with Gasteiger partial charge in [-0.3, -0.25) is 0 Å². The molecule has 18 heavy (non-hydrogen) atoms. The normalized spacial score (nSPS) is 19.3. The largest absolute Gasteiger partial charge is 0.334 e. The molecule has 1 aromatic carbocycles.